The number of nitrogens with zero attached hydrogens (tertiary/aromatic N) is 1. The Kier molecular flexibility index (Phi) is 7.79. The molecule has 8 heteroatoms. The molecular formula is C35H57NO7. The van der Waals surface area contributed by atoms with Crippen LogP contribution >= 0.6 is 0 Å². The normalized spacial score (nSPS) is 52.2. The van der Waals surface area contributed by atoms with Crippen LogP contribution in [0.1, 0.15) is 106 Å². The van der Waals surface area contributed by atoms with Crippen molar-refractivity contribution >= 4 is 5.71 Å². The number of ether oxygens (including phenoxy) is 1. The zero-order valence-corrected chi connectivity index (χ0v) is 27.2. The van der Waals surface area contributed by atoms with Crippen LogP contribution in [-0.4, -0.2) is 79.7 Å². The lowest BCUT2D eigenvalue weighted by Crippen LogP contribution is -2.66. The topological polar surface area (TPSA) is 143 Å². The van der Waals surface area contributed by atoms with Gasteiger partial charge in [-0.1, -0.05) is 58.3 Å². The van der Waals surface area contributed by atoms with E-state index in [1.807, 2.05) is 0 Å². The molecule has 1 aliphatic heterocycles. The van der Waals surface area contributed by atoms with Gasteiger partial charge in [0.2, 0.25) is 0 Å². The van der Waals surface area contributed by atoms with E-state index >= 15 is 0 Å². The molecule has 244 valence electrons. The van der Waals surface area contributed by atoms with Crippen LogP contribution in [0.5, 0.6) is 0 Å². The highest BCUT2D eigenvalue weighted by molar-refractivity contribution is 5.90. The van der Waals surface area contributed by atoms with Crippen LogP contribution < -0.4 is 0 Å². The summed E-state index contributed by atoms with van der Waals surface area (Å²) in [6.07, 6.45) is 4.72. The first-order valence-corrected chi connectivity index (χ1v) is 17.0. The summed E-state index contributed by atoms with van der Waals surface area (Å²) in [5.74, 6) is 1.56. The molecular weight excluding hydrogens is 546 g/mol. The Balaban J connectivity index is 1.36. The predicted molar refractivity (Wildman–Crippen MR) is 163 cm³/mol. The Labute approximate surface area is 257 Å². The van der Waals surface area contributed by atoms with Gasteiger partial charge in [-0.15, -0.1) is 0 Å². The Morgan fingerprint density at radius 1 is 0.860 bits per heavy atom. The molecule has 0 radical (unpaired) electrons. The zero-order valence-electron chi connectivity index (χ0n) is 27.2. The summed E-state index contributed by atoms with van der Waals surface area (Å²) in [6.45, 7) is 13.7. The van der Waals surface area contributed by atoms with Crippen molar-refractivity contribution < 1.29 is 35.5 Å². The molecule has 1 saturated heterocycles. The van der Waals surface area contributed by atoms with Gasteiger partial charge in [0.25, 0.3) is 0 Å². The summed E-state index contributed by atoms with van der Waals surface area (Å²) < 4.78 is 5.99. The van der Waals surface area contributed by atoms with E-state index in [2.05, 4.69) is 52.8 Å². The van der Waals surface area contributed by atoms with Gasteiger partial charge in [-0.3, -0.25) is 0 Å². The summed E-state index contributed by atoms with van der Waals surface area (Å²) in [5.41, 5.74) is 2.20. The van der Waals surface area contributed by atoms with Gasteiger partial charge in [-0.2, -0.15) is 0 Å². The summed E-state index contributed by atoms with van der Waals surface area (Å²) in [6, 6.07) is 0. The van der Waals surface area contributed by atoms with Gasteiger partial charge >= 0.3 is 0 Å². The second-order valence-electron chi connectivity index (χ2n) is 17.3. The number of aliphatic hydroxyl groups excluding tert-OH is 5. The van der Waals surface area contributed by atoms with E-state index in [0.717, 1.165) is 69.9 Å². The summed E-state index contributed by atoms with van der Waals surface area (Å²) in [4.78, 5) is 0. The van der Waals surface area contributed by atoms with E-state index in [-0.39, 0.29) is 27.6 Å². The average Bonchev–Trinajstić information content (AvgIpc) is 2.95. The number of allylic oxidation sites excluding steroid dienone is 2. The van der Waals surface area contributed by atoms with Crippen LogP contribution in [0.2, 0.25) is 0 Å². The zero-order chi connectivity index (χ0) is 31.3. The van der Waals surface area contributed by atoms with Crippen LogP contribution in [0.4, 0.5) is 0 Å². The van der Waals surface area contributed by atoms with Crippen LogP contribution in [0.3, 0.4) is 0 Å². The molecule has 6 N–H and O–H groups in total. The molecule has 5 aliphatic carbocycles. The maximum Gasteiger partial charge on any atom is 0.113 e. The minimum atomic E-state index is -1.49. The van der Waals surface area contributed by atoms with Gasteiger partial charge in [0.15, 0.2) is 0 Å². The van der Waals surface area contributed by atoms with Crippen molar-refractivity contribution in [1.29, 1.82) is 0 Å². The number of aliphatic hydroxyl groups is 5. The van der Waals surface area contributed by atoms with Crippen molar-refractivity contribution in [2.75, 3.05) is 6.61 Å². The second kappa shape index (κ2) is 10.5. The lowest BCUT2D eigenvalue weighted by atomic mass is 9.36. The van der Waals surface area contributed by atoms with Crippen molar-refractivity contribution in [3.8, 4) is 0 Å². The third kappa shape index (κ3) is 4.47. The molecule has 0 amide bonds. The van der Waals surface area contributed by atoms with Crippen LogP contribution in [0.15, 0.2) is 16.8 Å². The molecule has 0 spiro atoms. The summed E-state index contributed by atoms with van der Waals surface area (Å²) >= 11 is 0. The fourth-order valence-electron chi connectivity index (χ4n) is 12.2. The van der Waals surface area contributed by atoms with Crippen molar-refractivity contribution in [1.82, 2.24) is 0 Å². The van der Waals surface area contributed by atoms with Crippen molar-refractivity contribution in [3.63, 3.8) is 0 Å². The number of rotatable bonds is 3. The summed E-state index contributed by atoms with van der Waals surface area (Å²) in [5, 5.41) is 67.7. The summed E-state index contributed by atoms with van der Waals surface area (Å²) in [7, 11) is 0. The lowest BCUT2D eigenvalue weighted by Gasteiger charge is -2.68. The molecule has 7 unspecified atom stereocenters. The third-order valence-electron chi connectivity index (χ3n) is 14.6. The molecule has 0 bridgehead atoms. The van der Waals surface area contributed by atoms with Crippen LogP contribution in [0.25, 0.3) is 0 Å². The van der Waals surface area contributed by atoms with Crippen molar-refractivity contribution in [2.24, 2.45) is 55.9 Å². The molecule has 4 saturated carbocycles. The van der Waals surface area contributed by atoms with Crippen molar-refractivity contribution in [2.45, 2.75) is 142 Å². The van der Waals surface area contributed by atoms with Gasteiger partial charge in [-0.05, 0) is 104 Å². The molecule has 0 aromatic carbocycles. The van der Waals surface area contributed by atoms with E-state index in [0.29, 0.717) is 17.8 Å². The predicted octanol–water partition coefficient (Wildman–Crippen LogP) is 4.43. The molecule has 1 heterocycles. The van der Waals surface area contributed by atoms with Gasteiger partial charge in [0, 0.05) is 10.8 Å². The maximum atomic E-state index is 12.2. The maximum absolute atomic E-state index is 12.2. The van der Waals surface area contributed by atoms with Gasteiger partial charge in [0.05, 0.1) is 18.4 Å². The fourth-order valence-corrected chi connectivity index (χ4v) is 12.2. The molecule has 6 aliphatic rings. The van der Waals surface area contributed by atoms with E-state index in [1.165, 1.54) is 5.57 Å². The smallest absolute Gasteiger partial charge is 0.113 e. The van der Waals surface area contributed by atoms with Gasteiger partial charge in [0.1, 0.15) is 30.5 Å². The Morgan fingerprint density at radius 3 is 2.26 bits per heavy atom. The first-order chi connectivity index (χ1) is 20.1. The van der Waals surface area contributed by atoms with E-state index < -0.39 is 48.6 Å². The minimum Gasteiger partial charge on any atom is -0.411 e. The highest BCUT2D eigenvalue weighted by atomic mass is 16.6. The monoisotopic (exact) mass is 603 g/mol. The third-order valence-corrected chi connectivity index (χ3v) is 14.6. The van der Waals surface area contributed by atoms with E-state index in [9.17, 15) is 30.7 Å². The molecule has 8 nitrogen and oxygen atoms in total. The Hall–Kier alpha value is -1.03. The number of hydrogen-bond acceptors (Lipinski definition) is 8. The number of fused-ring (bicyclic) bond motifs is 7. The van der Waals surface area contributed by atoms with Crippen molar-refractivity contribution in [3.05, 3.63) is 11.6 Å². The molecule has 43 heavy (non-hydrogen) atoms. The SMILES string of the molecule is CC1(C)CC[C@]2([C@H](O)[C@H]3OC(CO)[C@H](O)C(O)C3O)CCC3C(=CCC4[C@@]3(C)CCC3C(C)(C)/C(=N/O)CC[C@@]34C)C2C1. The average molecular weight is 604 g/mol. The molecule has 0 aromatic rings. The van der Waals surface area contributed by atoms with Gasteiger partial charge in [-0.25, -0.2) is 0 Å². The van der Waals surface area contributed by atoms with Gasteiger partial charge < -0.3 is 35.5 Å². The Bertz CT molecular complexity index is 1150. The molecule has 0 aromatic heterocycles. The Morgan fingerprint density at radius 2 is 1.58 bits per heavy atom. The molecule has 5 fully saturated rings. The van der Waals surface area contributed by atoms with Crippen LogP contribution in [0, 0.1) is 50.7 Å². The van der Waals surface area contributed by atoms with E-state index in [4.69, 9.17) is 4.74 Å². The highest BCUT2D eigenvalue weighted by Gasteiger charge is 2.66. The van der Waals surface area contributed by atoms with E-state index in [1.54, 1.807) is 0 Å². The lowest BCUT2D eigenvalue weighted by molar-refractivity contribution is -0.270. The number of hydrogen-bond donors (Lipinski definition) is 6. The quantitative estimate of drug-likeness (QED) is 0.159. The fraction of sp³-hybridized carbons (Fsp3) is 0.914. The largest absolute Gasteiger partial charge is 0.411 e. The minimum absolute atomic E-state index is 0.112. The molecule has 13 atom stereocenters. The highest BCUT2D eigenvalue weighted by Crippen LogP contribution is 2.72. The first-order valence-electron chi connectivity index (χ1n) is 17.0. The number of oxime groups is 1. The first kappa shape index (κ1) is 31.9. The van der Waals surface area contributed by atoms with Crippen LogP contribution in [-0.2, 0) is 4.74 Å². The molecule has 6 rings (SSSR count). The second-order valence-corrected chi connectivity index (χ2v) is 17.3. The standard InChI is InChI=1S/C35H57NO7/c1-31(2)15-16-35(30(41)29-28(40)27(39)26(38)22(18-37)43-29)14-9-20-19(21(35)17-31)7-8-24-33(20,5)12-10-23-32(3,4)25(36-42)11-13-34(23,24)6/h7,20-24,26-30,37-42H,8-18H2,1-6H3/b36-25+/t20?,21?,22?,23?,24?,26-,27?,28?,29-,30+,33-,34-,35+/m0/s1.